The van der Waals surface area contributed by atoms with Crippen LogP contribution in [0.3, 0.4) is 0 Å². The largest absolute Gasteiger partial charge is 0.457 e. The Balaban J connectivity index is 1.16. The fourth-order valence-electron chi connectivity index (χ4n) is 8.01. The second-order valence-electron chi connectivity index (χ2n) is 18.0. The minimum atomic E-state index is -0.124. The van der Waals surface area contributed by atoms with E-state index in [1.807, 2.05) is 6.20 Å². The van der Waals surface area contributed by atoms with E-state index in [0.717, 1.165) is 34.0 Å². The summed E-state index contributed by atoms with van der Waals surface area (Å²) < 4.78 is 9.14. The molecule has 5 nitrogen and oxygen atoms in total. The minimum absolute atomic E-state index is 0.00226. The number of fused-ring (bicyclic) bond motifs is 3. The molecule has 7 aromatic rings. The summed E-state index contributed by atoms with van der Waals surface area (Å²) in [7, 11) is 0. The van der Waals surface area contributed by atoms with E-state index in [1.54, 1.807) is 0 Å². The Labute approximate surface area is 332 Å². The van der Waals surface area contributed by atoms with Crippen LogP contribution < -0.4 is 14.5 Å². The van der Waals surface area contributed by atoms with Gasteiger partial charge < -0.3 is 14.5 Å². The van der Waals surface area contributed by atoms with Crippen LogP contribution in [0.4, 0.5) is 11.4 Å². The minimum Gasteiger partial charge on any atom is -0.457 e. The molecule has 0 radical (unpaired) electrons. The molecule has 8 rings (SSSR count). The third-order valence-corrected chi connectivity index (χ3v) is 11.8. The summed E-state index contributed by atoms with van der Waals surface area (Å²) in [5.74, 6) is 2.51. The molecule has 5 aromatic carbocycles. The average molecular weight is 739 g/mol. The van der Waals surface area contributed by atoms with Crippen molar-refractivity contribution in [2.24, 2.45) is 0 Å². The van der Waals surface area contributed by atoms with E-state index >= 15 is 0 Å². The van der Waals surface area contributed by atoms with Gasteiger partial charge in [0, 0.05) is 57.3 Å². The van der Waals surface area contributed by atoms with E-state index in [4.69, 9.17) is 9.72 Å². The third-order valence-electron chi connectivity index (χ3n) is 11.8. The summed E-state index contributed by atoms with van der Waals surface area (Å²) in [6, 6.07) is 45.9. The first kappa shape index (κ1) is 37.1. The van der Waals surface area contributed by atoms with Crippen molar-refractivity contribution in [3.05, 3.63) is 167 Å². The lowest BCUT2D eigenvalue weighted by atomic mass is 9.78. The summed E-state index contributed by atoms with van der Waals surface area (Å²) in [4.78, 5) is 9.73. The molecule has 0 aliphatic carbocycles. The maximum absolute atomic E-state index is 6.87. The topological polar surface area (TPSA) is 33.5 Å². The average Bonchev–Trinajstić information content (AvgIpc) is 3.67. The van der Waals surface area contributed by atoms with Crippen molar-refractivity contribution in [1.29, 1.82) is 0 Å². The SMILES string of the molecule is CC1=C(C)N(c2cccc(C(C)(C)c3ccccc3)c2)CN1c1cc(Oc2ccc3c4ccccc4n(-c4cc(C(C)(C)C)ccn4)c3c2)cc(C(C)(C)C)c1. The molecule has 0 N–H and O–H groups in total. The van der Waals surface area contributed by atoms with Gasteiger partial charge >= 0.3 is 0 Å². The number of para-hydroxylation sites is 1. The highest BCUT2D eigenvalue weighted by Gasteiger charge is 2.30. The Hall–Kier alpha value is -5.81. The van der Waals surface area contributed by atoms with E-state index in [0.29, 0.717) is 6.67 Å². The molecule has 1 aliphatic rings. The first-order chi connectivity index (χ1) is 26.6. The molecular weight excluding hydrogens is 685 g/mol. The molecule has 0 amide bonds. The van der Waals surface area contributed by atoms with Crippen molar-refractivity contribution >= 4 is 33.2 Å². The van der Waals surface area contributed by atoms with Crippen LogP contribution in [-0.2, 0) is 16.2 Å². The zero-order valence-electron chi connectivity index (χ0n) is 34.6. The maximum Gasteiger partial charge on any atom is 0.137 e. The van der Waals surface area contributed by atoms with Crippen LogP contribution in [0.15, 0.2) is 145 Å². The first-order valence-corrected chi connectivity index (χ1v) is 19.8. The molecule has 0 unspecified atom stereocenters. The zero-order chi connectivity index (χ0) is 39.6. The van der Waals surface area contributed by atoms with Gasteiger partial charge in [-0.25, -0.2) is 4.98 Å². The van der Waals surface area contributed by atoms with Crippen molar-refractivity contribution in [3.8, 4) is 17.3 Å². The van der Waals surface area contributed by atoms with Gasteiger partial charge in [0.25, 0.3) is 0 Å². The number of hydrogen-bond donors (Lipinski definition) is 0. The van der Waals surface area contributed by atoms with Crippen molar-refractivity contribution in [2.75, 3.05) is 16.5 Å². The highest BCUT2D eigenvalue weighted by molar-refractivity contribution is 6.09. The summed E-state index contributed by atoms with van der Waals surface area (Å²) in [5.41, 5.74) is 11.8. The number of aromatic nitrogens is 2. The van der Waals surface area contributed by atoms with Gasteiger partial charge in [-0.1, -0.05) is 116 Å². The number of nitrogens with zero attached hydrogens (tertiary/aromatic N) is 4. The van der Waals surface area contributed by atoms with Gasteiger partial charge in [0.15, 0.2) is 0 Å². The number of benzene rings is 5. The van der Waals surface area contributed by atoms with Gasteiger partial charge in [-0.05, 0) is 102 Å². The molecule has 0 spiro atoms. The molecule has 0 saturated heterocycles. The van der Waals surface area contributed by atoms with Crippen molar-refractivity contribution in [3.63, 3.8) is 0 Å². The van der Waals surface area contributed by atoms with Crippen LogP contribution in [-0.4, -0.2) is 16.2 Å². The highest BCUT2D eigenvalue weighted by Crippen LogP contribution is 2.41. The van der Waals surface area contributed by atoms with E-state index in [1.165, 1.54) is 50.1 Å². The van der Waals surface area contributed by atoms with Gasteiger partial charge in [0.05, 0.1) is 17.7 Å². The van der Waals surface area contributed by atoms with Gasteiger partial charge in [-0.3, -0.25) is 4.57 Å². The van der Waals surface area contributed by atoms with Crippen LogP contribution in [0.1, 0.15) is 91.5 Å². The molecule has 1 aliphatic heterocycles. The van der Waals surface area contributed by atoms with Gasteiger partial charge in [-0.15, -0.1) is 0 Å². The monoisotopic (exact) mass is 738 g/mol. The number of pyridine rings is 1. The van der Waals surface area contributed by atoms with Crippen LogP contribution in [0, 0.1) is 0 Å². The van der Waals surface area contributed by atoms with E-state index in [2.05, 4.69) is 211 Å². The summed E-state index contributed by atoms with van der Waals surface area (Å²) in [6.07, 6.45) is 1.93. The van der Waals surface area contributed by atoms with Crippen LogP contribution in [0.5, 0.6) is 11.5 Å². The Morgan fingerprint density at radius 3 is 1.88 bits per heavy atom. The molecule has 3 heterocycles. The first-order valence-electron chi connectivity index (χ1n) is 19.8. The maximum atomic E-state index is 6.87. The Morgan fingerprint density at radius 1 is 0.500 bits per heavy atom. The lowest BCUT2D eigenvalue weighted by Gasteiger charge is -2.29. The molecular formula is C51H54N4O. The summed E-state index contributed by atoms with van der Waals surface area (Å²) in [5, 5.41) is 2.36. The molecule has 56 heavy (non-hydrogen) atoms. The summed E-state index contributed by atoms with van der Waals surface area (Å²) >= 11 is 0. The normalized spacial score (nSPS) is 14.0. The predicted octanol–water partition coefficient (Wildman–Crippen LogP) is 13.4. The van der Waals surface area contributed by atoms with Gasteiger partial charge in [0.1, 0.15) is 17.3 Å². The van der Waals surface area contributed by atoms with Gasteiger partial charge in [0.2, 0.25) is 0 Å². The number of rotatable bonds is 7. The number of ether oxygens (including phenoxy) is 1. The summed E-state index contributed by atoms with van der Waals surface area (Å²) in [6.45, 7) is 23.3. The Kier molecular flexibility index (Phi) is 9.11. The van der Waals surface area contributed by atoms with E-state index in [9.17, 15) is 0 Å². The third kappa shape index (κ3) is 6.74. The Bertz CT molecular complexity index is 2620. The van der Waals surface area contributed by atoms with Crippen LogP contribution in [0.2, 0.25) is 0 Å². The standard InChI is InChI=1S/C51H54N4O/c1-34-35(2)54(33-53(34)40-20-16-19-38(27-40)51(9,10)36-17-12-11-13-18-36)41-28-39(50(6,7)8)29-43(31-41)56-42-23-24-45-44-21-14-15-22-46(44)55(47(45)32-42)48-30-37(25-26-52-48)49(3,4)5/h11-32H,33H2,1-10H3. The van der Waals surface area contributed by atoms with Crippen molar-refractivity contribution in [2.45, 2.75) is 85.5 Å². The molecule has 0 bridgehead atoms. The molecule has 2 aromatic heterocycles. The van der Waals surface area contributed by atoms with E-state index < -0.39 is 0 Å². The molecule has 5 heteroatoms. The number of anilines is 2. The molecule has 0 atom stereocenters. The molecule has 0 saturated carbocycles. The fourth-order valence-corrected chi connectivity index (χ4v) is 8.01. The predicted molar refractivity (Wildman–Crippen MR) is 236 cm³/mol. The van der Waals surface area contributed by atoms with Gasteiger partial charge in [-0.2, -0.15) is 0 Å². The Morgan fingerprint density at radius 2 is 1.14 bits per heavy atom. The quantitative estimate of drug-likeness (QED) is 0.163. The fraction of sp³-hybridized carbons (Fsp3) is 0.275. The van der Waals surface area contributed by atoms with Crippen LogP contribution >= 0.6 is 0 Å². The zero-order valence-corrected chi connectivity index (χ0v) is 34.6. The second-order valence-corrected chi connectivity index (χ2v) is 18.0. The molecule has 0 fully saturated rings. The lowest BCUT2D eigenvalue weighted by molar-refractivity contribution is 0.479. The number of allylic oxidation sites excluding steroid dienone is 2. The number of hydrogen-bond acceptors (Lipinski definition) is 4. The van der Waals surface area contributed by atoms with Crippen molar-refractivity contribution in [1.82, 2.24) is 9.55 Å². The lowest BCUT2D eigenvalue weighted by Crippen LogP contribution is -2.28. The molecule has 284 valence electrons. The smallest absolute Gasteiger partial charge is 0.137 e. The highest BCUT2D eigenvalue weighted by atomic mass is 16.5. The van der Waals surface area contributed by atoms with E-state index in [-0.39, 0.29) is 16.2 Å². The van der Waals surface area contributed by atoms with Crippen LogP contribution in [0.25, 0.3) is 27.6 Å². The second kappa shape index (κ2) is 13.7. The van der Waals surface area contributed by atoms with Crippen molar-refractivity contribution < 1.29 is 4.74 Å².